The van der Waals surface area contributed by atoms with Crippen LogP contribution in [0, 0.1) is 0 Å². The van der Waals surface area contributed by atoms with Crippen LogP contribution in [-0.2, 0) is 11.3 Å². The lowest BCUT2D eigenvalue weighted by molar-refractivity contribution is -0.129. The smallest absolute Gasteiger partial charge is 0.249 e. The molecule has 0 N–H and O–H groups in total. The fourth-order valence-corrected chi connectivity index (χ4v) is 3.68. The van der Waals surface area contributed by atoms with Crippen molar-refractivity contribution >= 4 is 21.8 Å². The molecule has 6 nitrogen and oxygen atoms in total. The molecule has 29 heavy (non-hydrogen) atoms. The number of hydrogen-bond donors (Lipinski definition) is 0. The monoisotopic (exact) mass is 455 g/mol. The molecule has 1 aromatic heterocycles. The first-order chi connectivity index (χ1) is 14.0. The third-order valence-corrected chi connectivity index (χ3v) is 5.33. The van der Waals surface area contributed by atoms with E-state index < -0.39 is 0 Å². The minimum absolute atomic E-state index is 0.104. The summed E-state index contributed by atoms with van der Waals surface area (Å²) in [6.07, 6.45) is 1.28. The lowest BCUT2D eigenvalue weighted by atomic mass is 10.1. The van der Waals surface area contributed by atoms with Gasteiger partial charge in [-0.2, -0.15) is 4.98 Å². The molecule has 1 fully saturated rings. The zero-order valence-electron chi connectivity index (χ0n) is 16.3. The molecule has 3 aromatic rings. The Balaban J connectivity index is 1.51. The highest BCUT2D eigenvalue weighted by Gasteiger charge is 2.36. The molecule has 150 valence electrons. The molecule has 0 saturated carbocycles. The largest absolute Gasteiger partial charge is 0.491 e. The number of carbonyl (C=O) groups excluding carboxylic acids is 1. The third-order valence-electron chi connectivity index (χ3n) is 4.81. The number of hydrogen-bond acceptors (Lipinski definition) is 5. The molecule has 1 aliphatic rings. The topological polar surface area (TPSA) is 68.5 Å². The Bertz CT molecular complexity index is 983. The molecule has 4 rings (SSSR count). The summed E-state index contributed by atoms with van der Waals surface area (Å²) in [7, 11) is 0. The second-order valence-electron chi connectivity index (χ2n) is 7.35. The molecule has 7 heteroatoms. The molecule has 0 aliphatic carbocycles. The second kappa shape index (κ2) is 8.37. The molecule has 2 aromatic carbocycles. The molecule has 1 aliphatic heterocycles. The van der Waals surface area contributed by atoms with Gasteiger partial charge in [0, 0.05) is 23.0 Å². The lowest BCUT2D eigenvalue weighted by Crippen LogP contribution is -2.27. The normalized spacial score (nSPS) is 16.6. The Labute approximate surface area is 178 Å². The van der Waals surface area contributed by atoms with Crippen molar-refractivity contribution in [3.8, 4) is 17.1 Å². The van der Waals surface area contributed by atoms with E-state index in [9.17, 15) is 4.79 Å². The van der Waals surface area contributed by atoms with Crippen LogP contribution in [0.15, 0.2) is 57.5 Å². The van der Waals surface area contributed by atoms with Crippen LogP contribution in [-0.4, -0.2) is 27.1 Å². The van der Waals surface area contributed by atoms with Crippen molar-refractivity contribution in [1.82, 2.24) is 15.0 Å². The van der Waals surface area contributed by atoms with E-state index in [1.165, 1.54) is 0 Å². The maximum absolute atomic E-state index is 12.4. The quantitative estimate of drug-likeness (QED) is 0.513. The van der Waals surface area contributed by atoms with E-state index in [0.29, 0.717) is 31.1 Å². The van der Waals surface area contributed by atoms with Crippen LogP contribution in [0.3, 0.4) is 0 Å². The third kappa shape index (κ3) is 4.50. The number of nitrogens with zero attached hydrogens (tertiary/aromatic N) is 3. The van der Waals surface area contributed by atoms with Gasteiger partial charge in [-0.3, -0.25) is 4.79 Å². The Morgan fingerprint density at radius 2 is 1.90 bits per heavy atom. The Morgan fingerprint density at radius 1 is 1.17 bits per heavy atom. The van der Waals surface area contributed by atoms with Gasteiger partial charge in [-0.15, -0.1) is 0 Å². The average Bonchev–Trinajstić information content (AvgIpc) is 3.31. The van der Waals surface area contributed by atoms with E-state index in [2.05, 4.69) is 26.1 Å². The summed E-state index contributed by atoms with van der Waals surface area (Å²) in [5, 5.41) is 4.13. The number of amides is 1. The summed E-state index contributed by atoms with van der Waals surface area (Å²) in [6, 6.07) is 15.4. The van der Waals surface area contributed by atoms with Gasteiger partial charge in [0.25, 0.3) is 0 Å². The summed E-state index contributed by atoms with van der Waals surface area (Å²) < 4.78 is 12.2. The zero-order valence-corrected chi connectivity index (χ0v) is 17.9. The fraction of sp³-hybridized carbons (Fsp3) is 0.318. The number of carbonyl (C=O) groups is 1. The maximum Gasteiger partial charge on any atom is 0.249 e. The minimum atomic E-state index is -0.198. The van der Waals surface area contributed by atoms with Gasteiger partial charge in [-0.05, 0) is 62.2 Å². The summed E-state index contributed by atoms with van der Waals surface area (Å²) in [4.78, 5) is 18.8. The van der Waals surface area contributed by atoms with E-state index in [1.807, 2.05) is 67.3 Å². The molecule has 1 unspecified atom stereocenters. The van der Waals surface area contributed by atoms with E-state index in [1.54, 1.807) is 0 Å². The van der Waals surface area contributed by atoms with Crippen molar-refractivity contribution < 1.29 is 14.1 Å². The average molecular weight is 456 g/mol. The summed E-state index contributed by atoms with van der Waals surface area (Å²) >= 11 is 3.44. The predicted octanol–water partition coefficient (Wildman–Crippen LogP) is 5.15. The molecule has 1 amide bonds. The van der Waals surface area contributed by atoms with Crippen molar-refractivity contribution in [2.75, 3.05) is 0 Å². The highest BCUT2D eigenvalue weighted by molar-refractivity contribution is 9.10. The SMILES string of the molecule is CC(C)Oc1ccc(-c2noc(C3CCC(=O)N3Cc3ccc(Br)cc3)n2)cc1. The molecular formula is C22H22BrN3O3. The van der Waals surface area contributed by atoms with Gasteiger partial charge in [-0.1, -0.05) is 33.2 Å². The molecule has 1 atom stereocenters. The van der Waals surface area contributed by atoms with Gasteiger partial charge in [0.2, 0.25) is 17.6 Å². The van der Waals surface area contributed by atoms with Crippen molar-refractivity contribution in [3.05, 3.63) is 64.5 Å². The van der Waals surface area contributed by atoms with Crippen LogP contribution in [0.25, 0.3) is 11.4 Å². The lowest BCUT2D eigenvalue weighted by Gasteiger charge is -2.22. The Kier molecular flexibility index (Phi) is 5.67. The van der Waals surface area contributed by atoms with E-state index in [0.717, 1.165) is 21.3 Å². The summed E-state index contributed by atoms with van der Waals surface area (Å²) in [5.41, 5.74) is 1.91. The number of aromatic nitrogens is 2. The van der Waals surface area contributed by atoms with Crippen molar-refractivity contribution in [3.63, 3.8) is 0 Å². The van der Waals surface area contributed by atoms with Crippen molar-refractivity contribution in [2.45, 2.75) is 45.4 Å². The molecule has 1 saturated heterocycles. The maximum atomic E-state index is 12.4. The summed E-state index contributed by atoms with van der Waals surface area (Å²) in [5.74, 6) is 1.90. The number of ether oxygens (including phenoxy) is 1. The van der Waals surface area contributed by atoms with Crippen LogP contribution in [0.5, 0.6) is 5.75 Å². The van der Waals surface area contributed by atoms with Crippen LogP contribution < -0.4 is 4.74 Å². The molecule has 0 spiro atoms. The van der Waals surface area contributed by atoms with Crippen molar-refractivity contribution in [2.24, 2.45) is 0 Å². The van der Waals surface area contributed by atoms with Gasteiger partial charge < -0.3 is 14.2 Å². The van der Waals surface area contributed by atoms with Gasteiger partial charge in [0.1, 0.15) is 11.8 Å². The molecule has 0 bridgehead atoms. The van der Waals surface area contributed by atoms with Crippen LogP contribution >= 0.6 is 15.9 Å². The first-order valence-corrected chi connectivity index (χ1v) is 10.4. The fourth-order valence-electron chi connectivity index (χ4n) is 3.42. The van der Waals surface area contributed by atoms with Gasteiger partial charge >= 0.3 is 0 Å². The van der Waals surface area contributed by atoms with E-state index in [4.69, 9.17) is 9.26 Å². The first kappa shape index (κ1) is 19.6. The standard InChI is InChI=1S/C22H22BrN3O3/c1-14(2)28-18-9-5-16(6-10-18)21-24-22(29-25-21)19-11-12-20(27)26(19)13-15-3-7-17(23)8-4-15/h3-10,14,19H,11-13H2,1-2H3. The number of likely N-dealkylation sites (tertiary alicyclic amines) is 1. The molecule has 0 radical (unpaired) electrons. The molecular weight excluding hydrogens is 434 g/mol. The highest BCUT2D eigenvalue weighted by Crippen LogP contribution is 2.34. The predicted molar refractivity (Wildman–Crippen MR) is 112 cm³/mol. The second-order valence-corrected chi connectivity index (χ2v) is 8.27. The Hall–Kier alpha value is -2.67. The van der Waals surface area contributed by atoms with Gasteiger partial charge in [-0.25, -0.2) is 0 Å². The summed E-state index contributed by atoms with van der Waals surface area (Å²) in [6.45, 7) is 4.50. The van der Waals surface area contributed by atoms with Gasteiger partial charge in [0.15, 0.2) is 0 Å². The number of rotatable bonds is 6. The number of halogens is 1. The minimum Gasteiger partial charge on any atom is -0.491 e. The first-order valence-electron chi connectivity index (χ1n) is 9.64. The van der Waals surface area contributed by atoms with Crippen LogP contribution in [0.4, 0.5) is 0 Å². The highest BCUT2D eigenvalue weighted by atomic mass is 79.9. The van der Waals surface area contributed by atoms with Gasteiger partial charge in [0.05, 0.1) is 6.10 Å². The van der Waals surface area contributed by atoms with Crippen LogP contribution in [0.2, 0.25) is 0 Å². The van der Waals surface area contributed by atoms with Crippen LogP contribution in [0.1, 0.15) is 44.2 Å². The van der Waals surface area contributed by atoms with E-state index in [-0.39, 0.29) is 18.1 Å². The molecule has 2 heterocycles. The van der Waals surface area contributed by atoms with Crippen molar-refractivity contribution in [1.29, 1.82) is 0 Å². The van der Waals surface area contributed by atoms with E-state index >= 15 is 0 Å². The zero-order chi connectivity index (χ0) is 20.4. The Morgan fingerprint density at radius 3 is 2.59 bits per heavy atom. The number of benzene rings is 2.